The summed E-state index contributed by atoms with van der Waals surface area (Å²) in [7, 11) is -5.75. The van der Waals surface area contributed by atoms with Crippen molar-refractivity contribution in [2.24, 2.45) is 11.3 Å². The van der Waals surface area contributed by atoms with Gasteiger partial charge in [-0.05, 0) is 43.4 Å². The van der Waals surface area contributed by atoms with Gasteiger partial charge in [-0.3, -0.25) is 4.79 Å². The molecule has 9 nitrogen and oxygen atoms in total. The molecule has 1 aliphatic carbocycles. The van der Waals surface area contributed by atoms with Gasteiger partial charge in [0.25, 0.3) is 5.91 Å². The first-order valence-corrected chi connectivity index (χ1v) is 16.7. The van der Waals surface area contributed by atoms with Gasteiger partial charge in [0.2, 0.25) is 15.9 Å². The lowest BCUT2D eigenvalue weighted by Gasteiger charge is -2.32. The molecule has 3 heterocycles. The summed E-state index contributed by atoms with van der Waals surface area (Å²) in [6.07, 6.45) is -1.63. The monoisotopic (exact) mass is 545 g/mol. The molecule has 2 aromatic rings. The Morgan fingerprint density at radius 2 is 1.97 bits per heavy atom. The lowest BCUT2D eigenvalue weighted by molar-refractivity contribution is -0.190. The minimum atomic E-state index is -4.23. The predicted octanol–water partition coefficient (Wildman–Crippen LogP) is 3.73. The Bertz CT molecular complexity index is 1260. The van der Waals surface area contributed by atoms with Gasteiger partial charge in [0.15, 0.2) is 14.1 Å². The van der Waals surface area contributed by atoms with E-state index in [4.69, 9.17) is 4.74 Å². The highest BCUT2D eigenvalue weighted by atomic mass is 32.2. The number of hydrogen-bond donors (Lipinski definition) is 1. The van der Waals surface area contributed by atoms with Gasteiger partial charge in [-0.2, -0.15) is 13.2 Å². The molecule has 1 saturated carbocycles. The molecule has 1 aliphatic heterocycles. The van der Waals surface area contributed by atoms with Gasteiger partial charge >= 0.3 is 6.18 Å². The van der Waals surface area contributed by atoms with E-state index in [1.165, 1.54) is 22.9 Å². The number of halogens is 3. The summed E-state index contributed by atoms with van der Waals surface area (Å²) in [4.78, 5) is 17.5. The summed E-state index contributed by atoms with van der Waals surface area (Å²) in [6.45, 7) is 7.03. The largest absolute Gasteiger partial charge is 0.477 e. The highest BCUT2D eigenvalue weighted by molar-refractivity contribution is 7.89. The fourth-order valence-electron chi connectivity index (χ4n) is 4.82. The molecule has 1 saturated heterocycles. The molecular formula is C22H30F3N5O4SSi. The molecule has 14 heteroatoms. The Hall–Kier alpha value is -2.61. The number of ether oxygens (including phenoxy) is 1. The number of alkyl halides is 3. The van der Waals surface area contributed by atoms with Crippen LogP contribution < -0.4 is 14.0 Å². The van der Waals surface area contributed by atoms with Crippen LogP contribution in [0.5, 0.6) is 5.88 Å². The van der Waals surface area contributed by atoms with Gasteiger partial charge in [0.05, 0.1) is 23.8 Å². The summed E-state index contributed by atoms with van der Waals surface area (Å²) >= 11 is 0. The smallest absolute Gasteiger partial charge is 0.394 e. The van der Waals surface area contributed by atoms with Gasteiger partial charge in [-0.25, -0.2) is 22.8 Å². The first kappa shape index (κ1) is 26.4. The molecule has 0 spiro atoms. The number of amides is 1. The lowest BCUT2D eigenvalue weighted by Crippen LogP contribution is -2.45. The molecule has 4 rings (SSSR count). The van der Waals surface area contributed by atoms with Crippen LogP contribution in [-0.2, 0) is 10.0 Å². The number of anilines is 1. The first-order valence-electron chi connectivity index (χ1n) is 11.7. The van der Waals surface area contributed by atoms with Crippen LogP contribution in [0.25, 0.3) is 5.82 Å². The van der Waals surface area contributed by atoms with Crippen molar-refractivity contribution in [3.05, 3.63) is 30.0 Å². The number of nitrogens with one attached hydrogen (secondary N) is 1. The summed E-state index contributed by atoms with van der Waals surface area (Å²) in [5.41, 5.74) is -1.50. The number of nitrogens with zero attached hydrogens (tertiary/aromatic N) is 4. The third-order valence-electron chi connectivity index (χ3n) is 6.80. The molecule has 1 N–H and O–H groups in total. The molecule has 2 aliphatic rings. The molecule has 1 atom stereocenters. The summed E-state index contributed by atoms with van der Waals surface area (Å²) in [5.74, 6) is 0.542. The van der Waals surface area contributed by atoms with E-state index in [1.54, 1.807) is 6.20 Å². The normalized spacial score (nSPS) is 20.9. The van der Waals surface area contributed by atoms with Crippen molar-refractivity contribution in [2.75, 3.05) is 24.0 Å². The molecule has 0 radical (unpaired) electrons. The highest BCUT2D eigenvalue weighted by Gasteiger charge is 2.62. The van der Waals surface area contributed by atoms with E-state index in [0.717, 1.165) is 12.3 Å². The maximum atomic E-state index is 13.1. The van der Waals surface area contributed by atoms with Crippen LogP contribution in [-0.4, -0.2) is 62.9 Å². The van der Waals surface area contributed by atoms with Crippen molar-refractivity contribution in [2.45, 2.75) is 51.5 Å². The van der Waals surface area contributed by atoms with E-state index >= 15 is 0 Å². The molecule has 0 unspecified atom stereocenters. The molecular weight excluding hydrogens is 515 g/mol. The minimum Gasteiger partial charge on any atom is -0.477 e. The van der Waals surface area contributed by atoms with Crippen molar-refractivity contribution in [1.82, 2.24) is 19.5 Å². The second kappa shape index (κ2) is 9.05. The number of carbonyl (C=O) groups excluding carboxylic acids is 1. The average molecular weight is 546 g/mol. The lowest BCUT2D eigenvalue weighted by atomic mass is 10.0. The van der Waals surface area contributed by atoms with E-state index in [9.17, 15) is 26.4 Å². The zero-order valence-electron chi connectivity index (χ0n) is 20.6. The topological polar surface area (TPSA) is 106 Å². The van der Waals surface area contributed by atoms with Gasteiger partial charge in [0.1, 0.15) is 5.82 Å². The van der Waals surface area contributed by atoms with E-state index in [2.05, 4.69) is 34.7 Å². The van der Waals surface area contributed by atoms with Crippen LogP contribution in [0.4, 0.5) is 19.0 Å². The van der Waals surface area contributed by atoms with Crippen LogP contribution in [0.15, 0.2) is 24.4 Å². The number of aromatic nitrogens is 3. The Morgan fingerprint density at radius 1 is 1.28 bits per heavy atom. The maximum Gasteiger partial charge on any atom is 0.394 e. The van der Waals surface area contributed by atoms with Crippen LogP contribution in [0.2, 0.25) is 19.1 Å². The molecule has 36 heavy (non-hydrogen) atoms. The predicted molar refractivity (Wildman–Crippen MR) is 130 cm³/mol. The third-order valence-corrected chi connectivity index (χ3v) is 10.9. The summed E-state index contributed by atoms with van der Waals surface area (Å²) in [6, 6.07) is 5.57. The Labute approximate surface area is 209 Å². The van der Waals surface area contributed by atoms with Crippen molar-refractivity contribution in [3.63, 3.8) is 0 Å². The standard InChI is InChI=1S/C22H30F3N5O4SSi/c1-15-13-30(36(3,4)14-15)19-16(20(31)28-35(2,32)33)5-6-17(26-19)29-11-7-18(27-29)34-12-10-21(8-9-21)22(23,24)25/h5-7,11,15H,8-10,12-14H2,1-4H3,(H,28,31)/t15-/m1/s1. The second-order valence-electron chi connectivity index (χ2n) is 10.5. The zero-order chi connectivity index (χ0) is 26.5. The highest BCUT2D eigenvalue weighted by Crippen LogP contribution is 2.59. The number of pyridine rings is 1. The molecule has 0 bridgehead atoms. The van der Waals surface area contributed by atoms with Gasteiger partial charge in [0, 0.05) is 18.8 Å². The fourth-order valence-corrected chi connectivity index (χ4v) is 8.87. The van der Waals surface area contributed by atoms with E-state index in [-0.39, 0.29) is 37.3 Å². The molecule has 2 aromatic heterocycles. The van der Waals surface area contributed by atoms with Gasteiger partial charge in [-0.15, -0.1) is 5.10 Å². The van der Waals surface area contributed by atoms with Crippen molar-refractivity contribution < 1.29 is 31.1 Å². The first-order chi connectivity index (χ1) is 16.6. The SMILES string of the molecule is C[C@@H]1CN(c2nc(-n3ccc(OCCC4(C(F)(F)F)CC4)n3)ccc2C(=O)NS(C)(=O)=O)[Si](C)(C)C1. The molecule has 2 fully saturated rings. The number of rotatable bonds is 8. The fraction of sp³-hybridized carbons (Fsp3) is 0.591. The Balaban J connectivity index is 1.58. The third kappa shape index (κ3) is 5.53. The summed E-state index contributed by atoms with van der Waals surface area (Å²) in [5, 5.41) is 4.28. The zero-order valence-corrected chi connectivity index (χ0v) is 22.4. The van der Waals surface area contributed by atoms with E-state index in [1.807, 2.05) is 4.72 Å². The molecule has 0 aromatic carbocycles. The van der Waals surface area contributed by atoms with Crippen molar-refractivity contribution in [1.29, 1.82) is 0 Å². The van der Waals surface area contributed by atoms with E-state index in [0.29, 0.717) is 24.1 Å². The quantitative estimate of drug-likeness (QED) is 0.504. The van der Waals surface area contributed by atoms with Crippen LogP contribution >= 0.6 is 0 Å². The molecule has 198 valence electrons. The van der Waals surface area contributed by atoms with Crippen molar-refractivity contribution in [3.8, 4) is 11.7 Å². The number of carbonyl (C=O) groups is 1. The van der Waals surface area contributed by atoms with Gasteiger partial charge in [-0.1, -0.05) is 20.0 Å². The minimum absolute atomic E-state index is 0.106. The average Bonchev–Trinajstić information content (AvgIpc) is 3.30. The van der Waals surface area contributed by atoms with Crippen LogP contribution in [0.1, 0.15) is 36.5 Å². The van der Waals surface area contributed by atoms with Crippen LogP contribution in [0.3, 0.4) is 0 Å². The number of sulfonamides is 1. The van der Waals surface area contributed by atoms with Gasteiger partial charge < -0.3 is 9.30 Å². The van der Waals surface area contributed by atoms with Crippen molar-refractivity contribution >= 4 is 30.0 Å². The Kier molecular flexibility index (Phi) is 6.65. The maximum absolute atomic E-state index is 13.1. The molecule has 1 amide bonds. The number of hydrogen-bond acceptors (Lipinski definition) is 7. The second-order valence-corrected chi connectivity index (χ2v) is 16.8. The van der Waals surface area contributed by atoms with E-state index < -0.39 is 35.8 Å². The summed E-state index contributed by atoms with van der Waals surface area (Å²) < 4.78 is 73.8. The Morgan fingerprint density at radius 3 is 2.53 bits per heavy atom. The van der Waals surface area contributed by atoms with Crippen LogP contribution in [0, 0.1) is 11.3 Å².